The minimum atomic E-state index is -0.603. The molecule has 2 aliphatic heterocycles. The molecule has 0 aromatic heterocycles. The van der Waals surface area contributed by atoms with E-state index in [9.17, 15) is 14.4 Å². The predicted octanol–water partition coefficient (Wildman–Crippen LogP) is 2.02. The standard InChI is InChI=1S/C23H20N2O4/c26-21-11-10-20(22(27)24-21)25-14-18-13-16(8-9-19(18)23(25)28)7-4-12-29-15-17-5-2-1-3-6-17/h1-3,5-6,8-9,13,20H,10-12,14-15H2,(H,24,26,27). The van der Waals surface area contributed by atoms with Gasteiger partial charge in [-0.15, -0.1) is 0 Å². The number of rotatable bonds is 4. The molecule has 2 aromatic carbocycles. The largest absolute Gasteiger partial charge is 0.364 e. The molecule has 1 fully saturated rings. The maximum Gasteiger partial charge on any atom is 0.255 e. The molecule has 1 atom stereocenters. The number of hydrogen-bond acceptors (Lipinski definition) is 4. The molecule has 3 amide bonds. The third kappa shape index (κ3) is 4.20. The molecule has 0 bridgehead atoms. The monoisotopic (exact) mass is 388 g/mol. The molecule has 0 aliphatic carbocycles. The smallest absolute Gasteiger partial charge is 0.255 e. The van der Waals surface area contributed by atoms with E-state index in [1.807, 2.05) is 36.4 Å². The molecule has 2 heterocycles. The third-order valence-electron chi connectivity index (χ3n) is 5.04. The van der Waals surface area contributed by atoms with Crippen LogP contribution in [-0.4, -0.2) is 35.3 Å². The molecule has 6 heteroatoms. The first kappa shape index (κ1) is 18.9. The lowest BCUT2D eigenvalue weighted by Gasteiger charge is -2.29. The molecule has 1 unspecified atom stereocenters. The lowest BCUT2D eigenvalue weighted by Crippen LogP contribution is -2.52. The highest BCUT2D eigenvalue weighted by Crippen LogP contribution is 2.28. The Morgan fingerprint density at radius 2 is 1.93 bits per heavy atom. The minimum Gasteiger partial charge on any atom is -0.364 e. The average molecular weight is 388 g/mol. The molecule has 6 nitrogen and oxygen atoms in total. The molecule has 0 saturated carbocycles. The van der Waals surface area contributed by atoms with Gasteiger partial charge in [-0.1, -0.05) is 42.2 Å². The van der Waals surface area contributed by atoms with Crippen LogP contribution in [0.5, 0.6) is 0 Å². The van der Waals surface area contributed by atoms with Crippen molar-refractivity contribution in [1.29, 1.82) is 0 Å². The first-order chi connectivity index (χ1) is 14.1. The summed E-state index contributed by atoms with van der Waals surface area (Å²) in [7, 11) is 0. The van der Waals surface area contributed by atoms with Gasteiger partial charge in [-0.3, -0.25) is 19.7 Å². The highest BCUT2D eigenvalue weighted by atomic mass is 16.5. The Labute approximate surface area is 168 Å². The van der Waals surface area contributed by atoms with Crippen LogP contribution in [0, 0.1) is 11.8 Å². The van der Waals surface area contributed by atoms with Gasteiger partial charge in [0.2, 0.25) is 11.8 Å². The van der Waals surface area contributed by atoms with Crippen molar-refractivity contribution in [3.05, 3.63) is 70.8 Å². The number of benzene rings is 2. The number of hydrogen-bond donors (Lipinski definition) is 1. The highest BCUT2D eigenvalue weighted by Gasteiger charge is 2.38. The maximum atomic E-state index is 12.7. The lowest BCUT2D eigenvalue weighted by molar-refractivity contribution is -0.136. The van der Waals surface area contributed by atoms with E-state index in [2.05, 4.69) is 17.2 Å². The second kappa shape index (κ2) is 8.29. The van der Waals surface area contributed by atoms with Gasteiger partial charge in [0.15, 0.2) is 0 Å². The highest BCUT2D eigenvalue weighted by molar-refractivity contribution is 6.05. The zero-order valence-corrected chi connectivity index (χ0v) is 15.8. The third-order valence-corrected chi connectivity index (χ3v) is 5.04. The number of amides is 3. The topological polar surface area (TPSA) is 75.7 Å². The van der Waals surface area contributed by atoms with Crippen molar-refractivity contribution in [2.45, 2.75) is 32.0 Å². The van der Waals surface area contributed by atoms with Gasteiger partial charge >= 0.3 is 0 Å². The average Bonchev–Trinajstić information content (AvgIpc) is 3.04. The number of imide groups is 1. The van der Waals surface area contributed by atoms with Crippen LogP contribution < -0.4 is 5.32 Å². The van der Waals surface area contributed by atoms with E-state index in [1.54, 1.807) is 12.1 Å². The van der Waals surface area contributed by atoms with Crippen LogP contribution >= 0.6 is 0 Å². The zero-order valence-electron chi connectivity index (χ0n) is 15.8. The van der Waals surface area contributed by atoms with Crippen LogP contribution in [0.2, 0.25) is 0 Å². The fourth-order valence-electron chi connectivity index (χ4n) is 3.58. The predicted molar refractivity (Wildman–Crippen MR) is 105 cm³/mol. The number of carbonyl (C=O) groups is 3. The van der Waals surface area contributed by atoms with E-state index in [1.165, 1.54) is 4.90 Å². The van der Waals surface area contributed by atoms with Gasteiger partial charge in [0.1, 0.15) is 12.6 Å². The molecule has 2 aromatic rings. The van der Waals surface area contributed by atoms with Gasteiger partial charge < -0.3 is 9.64 Å². The molecule has 1 N–H and O–H groups in total. The summed E-state index contributed by atoms with van der Waals surface area (Å²) in [5.74, 6) is 5.17. The molecule has 4 rings (SSSR count). The van der Waals surface area contributed by atoms with E-state index in [0.29, 0.717) is 31.7 Å². The molecule has 0 spiro atoms. The number of fused-ring (bicyclic) bond motifs is 1. The van der Waals surface area contributed by atoms with Gasteiger partial charge in [-0.2, -0.15) is 0 Å². The minimum absolute atomic E-state index is 0.180. The summed E-state index contributed by atoms with van der Waals surface area (Å²) in [4.78, 5) is 37.7. The number of nitrogens with one attached hydrogen (secondary N) is 1. The number of piperidine rings is 1. The molecule has 146 valence electrons. The fourth-order valence-corrected chi connectivity index (χ4v) is 3.58. The maximum absolute atomic E-state index is 12.7. The van der Waals surface area contributed by atoms with E-state index >= 15 is 0 Å². The first-order valence-corrected chi connectivity index (χ1v) is 9.50. The summed E-state index contributed by atoms with van der Waals surface area (Å²) in [6.45, 7) is 1.17. The fraction of sp³-hybridized carbons (Fsp3) is 0.261. The normalized spacial score (nSPS) is 18.1. The van der Waals surface area contributed by atoms with Crippen LogP contribution in [0.15, 0.2) is 48.5 Å². The van der Waals surface area contributed by atoms with Crippen LogP contribution in [-0.2, 0) is 27.5 Å². The molecule has 29 heavy (non-hydrogen) atoms. The quantitative estimate of drug-likeness (QED) is 0.494. The van der Waals surface area contributed by atoms with Crippen LogP contribution in [0.25, 0.3) is 0 Å². The number of carbonyl (C=O) groups excluding carboxylic acids is 3. The van der Waals surface area contributed by atoms with Crippen LogP contribution in [0.3, 0.4) is 0 Å². The lowest BCUT2D eigenvalue weighted by atomic mass is 10.0. The second-order valence-electron chi connectivity index (χ2n) is 7.05. The summed E-state index contributed by atoms with van der Waals surface area (Å²) in [6.07, 6.45) is 0.603. The summed E-state index contributed by atoms with van der Waals surface area (Å²) in [5.41, 5.74) is 3.32. The molecular weight excluding hydrogens is 368 g/mol. The Morgan fingerprint density at radius 3 is 2.72 bits per heavy atom. The number of nitrogens with zero attached hydrogens (tertiary/aromatic N) is 1. The molecule has 0 radical (unpaired) electrons. The molecular formula is C23H20N2O4. The molecule has 2 aliphatic rings. The Balaban J connectivity index is 1.38. The Bertz CT molecular complexity index is 1020. The van der Waals surface area contributed by atoms with Crippen molar-refractivity contribution in [3.8, 4) is 11.8 Å². The zero-order chi connectivity index (χ0) is 20.2. The van der Waals surface area contributed by atoms with Crippen molar-refractivity contribution >= 4 is 17.7 Å². The Kier molecular flexibility index (Phi) is 5.41. The van der Waals surface area contributed by atoms with Crippen molar-refractivity contribution in [1.82, 2.24) is 10.2 Å². The first-order valence-electron chi connectivity index (χ1n) is 9.50. The van der Waals surface area contributed by atoms with E-state index in [-0.39, 0.29) is 18.2 Å². The van der Waals surface area contributed by atoms with Crippen LogP contribution in [0.4, 0.5) is 0 Å². The summed E-state index contributed by atoms with van der Waals surface area (Å²) in [5, 5.41) is 2.31. The van der Waals surface area contributed by atoms with Gasteiger partial charge in [-0.25, -0.2) is 0 Å². The molecule has 1 saturated heterocycles. The van der Waals surface area contributed by atoms with Crippen molar-refractivity contribution < 1.29 is 19.1 Å². The van der Waals surface area contributed by atoms with Gasteiger partial charge in [0, 0.05) is 24.1 Å². The summed E-state index contributed by atoms with van der Waals surface area (Å²) in [6, 6.07) is 14.7. The van der Waals surface area contributed by atoms with Gasteiger partial charge in [0.25, 0.3) is 5.91 Å². The summed E-state index contributed by atoms with van der Waals surface area (Å²) >= 11 is 0. The van der Waals surface area contributed by atoms with Gasteiger partial charge in [-0.05, 0) is 35.7 Å². The van der Waals surface area contributed by atoms with E-state index in [0.717, 1.165) is 16.7 Å². The SMILES string of the molecule is O=C1CCC(N2Cc3cc(C#CCOCc4ccccc4)ccc3C2=O)C(=O)N1. The second-order valence-corrected chi connectivity index (χ2v) is 7.05. The van der Waals surface area contributed by atoms with Crippen molar-refractivity contribution in [3.63, 3.8) is 0 Å². The van der Waals surface area contributed by atoms with E-state index < -0.39 is 11.9 Å². The van der Waals surface area contributed by atoms with E-state index in [4.69, 9.17) is 4.74 Å². The van der Waals surface area contributed by atoms with Crippen molar-refractivity contribution in [2.24, 2.45) is 0 Å². The Hall–Kier alpha value is -3.43. The van der Waals surface area contributed by atoms with Crippen LogP contribution in [0.1, 0.15) is 39.9 Å². The summed E-state index contributed by atoms with van der Waals surface area (Å²) < 4.78 is 5.56. The van der Waals surface area contributed by atoms with Gasteiger partial charge in [0.05, 0.1) is 6.61 Å². The Morgan fingerprint density at radius 1 is 1.10 bits per heavy atom. The number of ether oxygens (including phenoxy) is 1. The van der Waals surface area contributed by atoms with Crippen molar-refractivity contribution in [2.75, 3.05) is 6.61 Å².